The number of aryl methyl sites for hydroxylation is 1. The van der Waals surface area contributed by atoms with Crippen molar-refractivity contribution in [2.45, 2.75) is 13.3 Å². The predicted molar refractivity (Wildman–Crippen MR) is 69.7 cm³/mol. The van der Waals surface area contributed by atoms with E-state index in [0.29, 0.717) is 17.4 Å². The summed E-state index contributed by atoms with van der Waals surface area (Å²) < 4.78 is 0. The molecule has 1 N–H and O–H groups in total. The van der Waals surface area contributed by atoms with Crippen LogP contribution in [-0.2, 0) is 0 Å². The van der Waals surface area contributed by atoms with Crippen molar-refractivity contribution in [3.63, 3.8) is 0 Å². The molecule has 2 heterocycles. The molecule has 1 atom stereocenters. The molecule has 1 saturated heterocycles. The average Bonchev–Trinajstić information content (AvgIpc) is 2.72. The van der Waals surface area contributed by atoms with Gasteiger partial charge in [0.05, 0.1) is 4.92 Å². The predicted octanol–water partition coefficient (Wildman–Crippen LogP) is 1.66. The Hall–Kier alpha value is -1.69. The van der Waals surface area contributed by atoms with Crippen molar-refractivity contribution in [3.8, 4) is 0 Å². The molecular weight excluding hydrogens is 232 g/mol. The van der Waals surface area contributed by atoms with E-state index in [1.54, 1.807) is 13.0 Å². The number of nitrogens with zero attached hydrogens (tertiary/aromatic N) is 3. The van der Waals surface area contributed by atoms with Gasteiger partial charge in [-0.15, -0.1) is 0 Å². The number of pyridine rings is 1. The van der Waals surface area contributed by atoms with Crippen LogP contribution in [-0.4, -0.2) is 41.5 Å². The molecule has 0 spiro atoms. The Morgan fingerprint density at radius 1 is 1.61 bits per heavy atom. The van der Waals surface area contributed by atoms with Gasteiger partial charge in [-0.2, -0.15) is 0 Å². The van der Waals surface area contributed by atoms with Crippen LogP contribution in [0.15, 0.2) is 12.1 Å². The summed E-state index contributed by atoms with van der Waals surface area (Å²) in [6.45, 7) is 4.76. The third kappa shape index (κ3) is 2.95. The molecular formula is C12H18N4O2. The first-order valence-electron chi connectivity index (χ1n) is 6.10. The fraction of sp³-hybridized carbons (Fsp3) is 0.583. The first-order chi connectivity index (χ1) is 8.56. The second-order valence-corrected chi connectivity index (χ2v) is 4.86. The summed E-state index contributed by atoms with van der Waals surface area (Å²) in [7, 11) is 2.12. The Kier molecular flexibility index (Phi) is 3.76. The van der Waals surface area contributed by atoms with Gasteiger partial charge in [0.2, 0.25) is 0 Å². The Morgan fingerprint density at radius 3 is 2.94 bits per heavy atom. The van der Waals surface area contributed by atoms with Crippen molar-refractivity contribution in [3.05, 3.63) is 27.9 Å². The van der Waals surface area contributed by atoms with Gasteiger partial charge in [-0.05, 0) is 38.9 Å². The van der Waals surface area contributed by atoms with E-state index in [0.717, 1.165) is 19.6 Å². The SMILES string of the molecule is Cc1nc(NCC2CCN(C)C2)ccc1[N+](=O)[O-]. The quantitative estimate of drug-likeness (QED) is 0.650. The summed E-state index contributed by atoms with van der Waals surface area (Å²) in [6, 6.07) is 3.18. The number of aromatic nitrogens is 1. The maximum Gasteiger partial charge on any atom is 0.290 e. The summed E-state index contributed by atoms with van der Waals surface area (Å²) >= 11 is 0. The number of nitro groups is 1. The van der Waals surface area contributed by atoms with Gasteiger partial charge in [0, 0.05) is 19.2 Å². The van der Waals surface area contributed by atoms with Crippen molar-refractivity contribution >= 4 is 11.5 Å². The first kappa shape index (κ1) is 12.8. The third-order valence-electron chi connectivity index (χ3n) is 3.32. The van der Waals surface area contributed by atoms with Crippen LogP contribution < -0.4 is 5.32 Å². The van der Waals surface area contributed by atoms with Crippen LogP contribution in [0.3, 0.4) is 0 Å². The molecule has 0 aliphatic carbocycles. The molecule has 1 aromatic heterocycles. The van der Waals surface area contributed by atoms with Crippen LogP contribution in [0.1, 0.15) is 12.1 Å². The van der Waals surface area contributed by atoms with Crippen LogP contribution in [0.25, 0.3) is 0 Å². The van der Waals surface area contributed by atoms with Gasteiger partial charge in [-0.1, -0.05) is 0 Å². The lowest BCUT2D eigenvalue weighted by atomic mass is 10.1. The highest BCUT2D eigenvalue weighted by atomic mass is 16.6. The summed E-state index contributed by atoms with van der Waals surface area (Å²) in [4.78, 5) is 16.8. The van der Waals surface area contributed by atoms with Gasteiger partial charge < -0.3 is 10.2 Å². The molecule has 2 rings (SSSR count). The zero-order valence-electron chi connectivity index (χ0n) is 10.7. The molecule has 1 aliphatic rings. The molecule has 0 amide bonds. The number of hydrogen-bond donors (Lipinski definition) is 1. The van der Waals surface area contributed by atoms with Crippen molar-refractivity contribution in [2.75, 3.05) is 32.0 Å². The minimum Gasteiger partial charge on any atom is -0.370 e. The molecule has 0 saturated carbocycles. The van der Waals surface area contributed by atoms with Gasteiger partial charge in [0.25, 0.3) is 5.69 Å². The number of rotatable bonds is 4. The summed E-state index contributed by atoms with van der Waals surface area (Å²) in [6.07, 6.45) is 1.19. The van der Waals surface area contributed by atoms with Gasteiger partial charge in [-0.25, -0.2) is 4.98 Å². The first-order valence-corrected chi connectivity index (χ1v) is 6.10. The smallest absolute Gasteiger partial charge is 0.290 e. The van der Waals surface area contributed by atoms with Crippen molar-refractivity contribution in [1.29, 1.82) is 0 Å². The minimum atomic E-state index is -0.405. The molecule has 1 aliphatic heterocycles. The largest absolute Gasteiger partial charge is 0.370 e. The van der Waals surface area contributed by atoms with Crippen molar-refractivity contribution in [1.82, 2.24) is 9.88 Å². The minimum absolute atomic E-state index is 0.0705. The fourth-order valence-corrected chi connectivity index (χ4v) is 2.29. The molecule has 0 bridgehead atoms. The molecule has 6 heteroatoms. The van der Waals surface area contributed by atoms with Crippen LogP contribution in [0.2, 0.25) is 0 Å². The molecule has 1 unspecified atom stereocenters. The summed E-state index contributed by atoms with van der Waals surface area (Å²) in [5.41, 5.74) is 0.523. The number of nitrogens with one attached hydrogen (secondary N) is 1. The van der Waals surface area contributed by atoms with Gasteiger partial charge in [0.15, 0.2) is 0 Å². The van der Waals surface area contributed by atoms with E-state index >= 15 is 0 Å². The van der Waals surface area contributed by atoms with E-state index < -0.39 is 4.92 Å². The standard InChI is InChI=1S/C12H18N4O2/c1-9-11(16(17)18)3-4-12(14-9)13-7-10-5-6-15(2)8-10/h3-4,10H,5-8H2,1-2H3,(H,13,14). The molecule has 18 heavy (non-hydrogen) atoms. The second-order valence-electron chi connectivity index (χ2n) is 4.86. The lowest BCUT2D eigenvalue weighted by Crippen LogP contribution is -2.19. The Morgan fingerprint density at radius 2 is 2.39 bits per heavy atom. The zero-order chi connectivity index (χ0) is 13.1. The Balaban J connectivity index is 1.94. The van der Waals surface area contributed by atoms with E-state index in [1.807, 2.05) is 0 Å². The number of anilines is 1. The fourth-order valence-electron chi connectivity index (χ4n) is 2.29. The molecule has 98 valence electrons. The average molecular weight is 250 g/mol. The van der Waals surface area contributed by atoms with E-state index in [-0.39, 0.29) is 5.69 Å². The summed E-state index contributed by atoms with van der Waals surface area (Å²) in [5.74, 6) is 1.35. The van der Waals surface area contributed by atoms with Gasteiger partial charge in [-0.3, -0.25) is 10.1 Å². The molecule has 1 aromatic rings. The maximum atomic E-state index is 10.7. The van der Waals surface area contributed by atoms with E-state index in [1.165, 1.54) is 12.5 Å². The molecule has 0 aromatic carbocycles. The van der Waals surface area contributed by atoms with Crippen LogP contribution in [0, 0.1) is 23.0 Å². The lowest BCUT2D eigenvalue weighted by Gasteiger charge is -2.12. The topological polar surface area (TPSA) is 71.3 Å². The van der Waals surface area contributed by atoms with Crippen molar-refractivity contribution in [2.24, 2.45) is 5.92 Å². The summed E-state index contributed by atoms with van der Waals surface area (Å²) in [5, 5.41) is 13.9. The monoisotopic (exact) mass is 250 g/mol. The van der Waals surface area contributed by atoms with Gasteiger partial charge >= 0.3 is 0 Å². The number of hydrogen-bond acceptors (Lipinski definition) is 5. The van der Waals surface area contributed by atoms with E-state index in [9.17, 15) is 10.1 Å². The van der Waals surface area contributed by atoms with Crippen LogP contribution in [0.5, 0.6) is 0 Å². The van der Waals surface area contributed by atoms with Gasteiger partial charge in [0.1, 0.15) is 11.5 Å². The van der Waals surface area contributed by atoms with E-state index in [4.69, 9.17) is 0 Å². The number of likely N-dealkylation sites (tertiary alicyclic amines) is 1. The third-order valence-corrected chi connectivity index (χ3v) is 3.32. The molecule has 6 nitrogen and oxygen atoms in total. The highest BCUT2D eigenvalue weighted by molar-refractivity contribution is 5.44. The van der Waals surface area contributed by atoms with Crippen LogP contribution >= 0.6 is 0 Å². The highest BCUT2D eigenvalue weighted by Crippen LogP contribution is 2.19. The second kappa shape index (κ2) is 5.30. The van der Waals surface area contributed by atoms with E-state index in [2.05, 4.69) is 22.2 Å². The molecule has 1 fully saturated rings. The van der Waals surface area contributed by atoms with Crippen molar-refractivity contribution < 1.29 is 4.92 Å². The highest BCUT2D eigenvalue weighted by Gasteiger charge is 2.19. The Labute approximate surface area is 106 Å². The van der Waals surface area contributed by atoms with Crippen LogP contribution in [0.4, 0.5) is 11.5 Å². The normalized spacial score (nSPS) is 20.0. The molecule has 0 radical (unpaired) electrons. The Bertz CT molecular complexity index is 450. The lowest BCUT2D eigenvalue weighted by molar-refractivity contribution is -0.385. The zero-order valence-corrected chi connectivity index (χ0v) is 10.7. The maximum absolute atomic E-state index is 10.7.